The molecule has 0 aliphatic heterocycles. The minimum Gasteiger partial charge on any atom is -0.521 e. The number of carbonyl (C=O) groups excluding carboxylic acids is 1. The molecule has 2 nitrogen and oxygen atoms in total. The maximum absolute atomic E-state index is 10.5. The lowest BCUT2D eigenvalue weighted by Crippen LogP contribution is -2.19. The van der Waals surface area contributed by atoms with E-state index >= 15 is 0 Å². The molecule has 0 heterocycles. The Balaban J connectivity index is 3.51. The first-order chi connectivity index (χ1) is 4.04. The van der Waals surface area contributed by atoms with Crippen molar-refractivity contribution in [2.24, 2.45) is 0 Å². The monoisotopic (exact) mass is 186 g/mol. The van der Waals surface area contributed by atoms with Crippen LogP contribution in [0.3, 0.4) is 0 Å². The van der Waals surface area contributed by atoms with Gasteiger partial charge in [0.2, 0.25) is 13.9 Å². The molecule has 0 unspecified atom stereocenters. The Kier molecular flexibility index (Phi) is 4.26. The van der Waals surface area contributed by atoms with Gasteiger partial charge in [0.05, 0.1) is 0 Å². The fraction of sp³-hybridized carbons (Fsp3) is 0.750. The topological polar surface area (TPSA) is 26.3 Å². The summed E-state index contributed by atoms with van der Waals surface area (Å²) in [5.41, 5.74) is 0. The molecule has 0 aromatic carbocycles. The van der Waals surface area contributed by atoms with Crippen molar-refractivity contribution in [2.45, 2.75) is 17.9 Å². The van der Waals surface area contributed by atoms with Gasteiger partial charge in [0.1, 0.15) is 0 Å². The van der Waals surface area contributed by atoms with E-state index in [0.717, 1.165) is 0 Å². The van der Waals surface area contributed by atoms with Crippen LogP contribution in [0.15, 0.2) is 0 Å². The summed E-state index contributed by atoms with van der Waals surface area (Å²) in [7, 11) is -1.30. The van der Waals surface area contributed by atoms with E-state index in [-0.39, 0.29) is 0 Å². The molecule has 0 radical (unpaired) electrons. The molecule has 0 fully saturated rings. The van der Waals surface area contributed by atoms with Gasteiger partial charge in [0, 0.05) is 0 Å². The number of carbonyl (C=O) groups is 1. The van der Waals surface area contributed by atoms with Crippen LogP contribution in [0.2, 0.25) is 13.1 Å². The Morgan fingerprint density at radius 2 is 2.00 bits per heavy atom. The van der Waals surface area contributed by atoms with Gasteiger partial charge in [-0.1, -0.05) is 23.2 Å². The van der Waals surface area contributed by atoms with Crippen LogP contribution in [0, 0.1) is 0 Å². The Hall–Kier alpha value is 0.267. The number of halogens is 2. The second-order valence-electron chi connectivity index (χ2n) is 1.79. The van der Waals surface area contributed by atoms with Crippen LogP contribution in [0.25, 0.3) is 0 Å². The van der Waals surface area contributed by atoms with E-state index in [0.29, 0.717) is 0 Å². The van der Waals surface area contributed by atoms with Gasteiger partial charge >= 0.3 is 5.97 Å². The third kappa shape index (κ3) is 4.75. The molecule has 0 aliphatic rings. The number of hydrogen-bond acceptors (Lipinski definition) is 2. The normalized spacial score (nSPS) is 10.4. The molecule has 0 saturated carbocycles. The molecule has 9 heavy (non-hydrogen) atoms. The summed E-state index contributed by atoms with van der Waals surface area (Å²) < 4.78 is 4.75. The van der Waals surface area contributed by atoms with E-state index in [1.165, 1.54) is 0 Å². The second kappa shape index (κ2) is 4.14. The summed E-state index contributed by atoms with van der Waals surface area (Å²) in [6, 6.07) is 0. The highest BCUT2D eigenvalue weighted by Gasteiger charge is 2.13. The molecule has 0 rings (SSSR count). The van der Waals surface area contributed by atoms with E-state index in [2.05, 4.69) is 0 Å². The summed E-state index contributed by atoms with van der Waals surface area (Å²) in [4.78, 5) is 9.47. The highest BCUT2D eigenvalue weighted by molar-refractivity contribution is 6.57. The zero-order valence-electron chi connectivity index (χ0n) is 5.23. The summed E-state index contributed by atoms with van der Waals surface area (Å²) in [5, 5.41) is 0. The molecule has 0 bridgehead atoms. The minimum atomic E-state index is -1.30. The Morgan fingerprint density at radius 1 is 1.56 bits per heavy atom. The van der Waals surface area contributed by atoms with E-state index in [1.54, 1.807) is 0 Å². The highest BCUT2D eigenvalue weighted by Crippen LogP contribution is 2.04. The van der Waals surface area contributed by atoms with Gasteiger partial charge < -0.3 is 4.43 Å². The predicted molar refractivity (Wildman–Crippen MR) is 40.5 cm³/mol. The van der Waals surface area contributed by atoms with E-state index in [9.17, 15) is 4.79 Å². The first-order valence-electron chi connectivity index (χ1n) is 2.52. The zero-order valence-corrected chi connectivity index (χ0v) is 7.89. The average Bonchev–Trinajstić information content (AvgIpc) is 1.63. The van der Waals surface area contributed by atoms with E-state index in [4.69, 9.17) is 27.6 Å². The van der Waals surface area contributed by atoms with Crippen molar-refractivity contribution in [1.82, 2.24) is 0 Å². The summed E-state index contributed by atoms with van der Waals surface area (Å²) >= 11 is 10.4. The highest BCUT2D eigenvalue weighted by atomic mass is 35.5. The first-order valence-corrected chi connectivity index (χ1v) is 6.18. The fourth-order valence-corrected chi connectivity index (χ4v) is 1.16. The van der Waals surface area contributed by atoms with Gasteiger partial charge in [0.25, 0.3) is 0 Å². The molecule has 5 heteroatoms. The van der Waals surface area contributed by atoms with Crippen LogP contribution in [0.1, 0.15) is 0 Å². The average molecular weight is 187 g/mol. The Labute approximate surface area is 65.8 Å². The van der Waals surface area contributed by atoms with Crippen LogP contribution in [0.4, 0.5) is 0 Å². The third-order valence-electron chi connectivity index (χ3n) is 0.530. The Bertz CT molecular complexity index is 105. The van der Waals surface area contributed by atoms with Crippen LogP contribution in [-0.2, 0) is 9.22 Å². The smallest absolute Gasteiger partial charge is 0.325 e. The standard InChI is InChI=1S/C4H8Cl2O2Si/c1-9(2)8-4(7)3(5)6/h3,9H,1-2H3. The van der Waals surface area contributed by atoms with Gasteiger partial charge in [-0.05, 0) is 13.1 Å². The van der Waals surface area contributed by atoms with Crippen molar-refractivity contribution in [3.05, 3.63) is 0 Å². The first kappa shape index (κ1) is 9.27. The quantitative estimate of drug-likeness (QED) is 0.481. The van der Waals surface area contributed by atoms with Crippen molar-refractivity contribution < 1.29 is 9.22 Å². The van der Waals surface area contributed by atoms with Crippen molar-refractivity contribution in [3.8, 4) is 0 Å². The van der Waals surface area contributed by atoms with E-state index in [1.807, 2.05) is 13.1 Å². The SMILES string of the molecule is C[SiH](C)OC(=O)C(Cl)Cl. The molecular weight excluding hydrogens is 179 g/mol. The molecule has 54 valence electrons. The van der Waals surface area contributed by atoms with E-state index < -0.39 is 19.8 Å². The molecule has 0 atom stereocenters. The molecule has 0 aromatic heterocycles. The molecule has 0 amide bonds. The minimum absolute atomic E-state index is 0.528. The summed E-state index contributed by atoms with van der Waals surface area (Å²) in [6.45, 7) is 3.74. The number of alkyl halides is 2. The van der Waals surface area contributed by atoms with Gasteiger partial charge in [-0.15, -0.1) is 0 Å². The molecule has 0 N–H and O–H groups in total. The van der Waals surface area contributed by atoms with Crippen LogP contribution in [0.5, 0.6) is 0 Å². The zero-order chi connectivity index (χ0) is 7.44. The van der Waals surface area contributed by atoms with Crippen LogP contribution in [-0.4, -0.2) is 19.8 Å². The summed E-state index contributed by atoms with van der Waals surface area (Å²) in [5.74, 6) is -0.528. The van der Waals surface area contributed by atoms with Crippen molar-refractivity contribution in [1.29, 1.82) is 0 Å². The van der Waals surface area contributed by atoms with Crippen molar-refractivity contribution in [2.75, 3.05) is 0 Å². The molecule has 0 spiro atoms. The lowest BCUT2D eigenvalue weighted by molar-refractivity contribution is -0.132. The van der Waals surface area contributed by atoms with Crippen LogP contribution >= 0.6 is 23.2 Å². The lowest BCUT2D eigenvalue weighted by Gasteiger charge is -2.06. The van der Waals surface area contributed by atoms with Gasteiger partial charge in [-0.2, -0.15) is 0 Å². The molecule has 0 aromatic rings. The van der Waals surface area contributed by atoms with Gasteiger partial charge in [-0.3, -0.25) is 4.79 Å². The van der Waals surface area contributed by atoms with Crippen molar-refractivity contribution in [3.63, 3.8) is 0 Å². The molecular formula is C4H8Cl2O2Si. The van der Waals surface area contributed by atoms with Crippen molar-refractivity contribution >= 4 is 38.2 Å². The fourth-order valence-electron chi connectivity index (χ4n) is 0.284. The third-order valence-corrected chi connectivity index (χ3v) is 1.59. The lowest BCUT2D eigenvalue weighted by atomic mass is 10.8. The maximum atomic E-state index is 10.5. The van der Waals surface area contributed by atoms with Gasteiger partial charge in [0.15, 0.2) is 0 Å². The molecule has 0 aliphatic carbocycles. The number of hydrogen-bond donors (Lipinski definition) is 0. The predicted octanol–water partition coefficient (Wildman–Crippen LogP) is 1.32. The largest absolute Gasteiger partial charge is 0.521 e. The molecule has 0 saturated heterocycles. The van der Waals surface area contributed by atoms with Crippen LogP contribution < -0.4 is 0 Å². The second-order valence-corrected chi connectivity index (χ2v) is 5.22. The summed E-state index contributed by atoms with van der Waals surface area (Å²) in [6.07, 6.45) is 0. The Morgan fingerprint density at radius 3 is 2.11 bits per heavy atom. The maximum Gasteiger partial charge on any atom is 0.325 e. The number of rotatable bonds is 2. The van der Waals surface area contributed by atoms with Gasteiger partial charge in [-0.25, -0.2) is 0 Å².